The van der Waals surface area contributed by atoms with Crippen molar-refractivity contribution >= 4 is 0 Å². The number of hydrogen-bond acceptors (Lipinski definition) is 4. The predicted molar refractivity (Wildman–Crippen MR) is 65.5 cm³/mol. The lowest BCUT2D eigenvalue weighted by Gasteiger charge is -2.50. The Morgan fingerprint density at radius 3 is 2.88 bits per heavy atom. The zero-order valence-electron chi connectivity index (χ0n) is 10.6. The van der Waals surface area contributed by atoms with Gasteiger partial charge in [0.2, 0.25) is 0 Å². The van der Waals surface area contributed by atoms with Crippen LogP contribution in [-0.4, -0.2) is 67.8 Å². The van der Waals surface area contributed by atoms with E-state index in [1.165, 1.54) is 19.4 Å². The number of rotatable bonds is 2. The number of ether oxygens (including phenoxy) is 1. The molecule has 2 rings (SSSR count). The second kappa shape index (κ2) is 5.00. The average molecular weight is 227 g/mol. The number of likely N-dealkylation sites (tertiary alicyclic amines) is 1. The first-order valence-electron chi connectivity index (χ1n) is 6.41. The smallest absolute Gasteiger partial charge is 0.0674 e. The summed E-state index contributed by atoms with van der Waals surface area (Å²) in [5.41, 5.74) is 6.27. The molecule has 0 radical (unpaired) electrons. The SMILES string of the molecule is CC1CN(C2(CN)CCCN(C)C2)CCO1. The van der Waals surface area contributed by atoms with E-state index in [9.17, 15) is 0 Å². The summed E-state index contributed by atoms with van der Waals surface area (Å²) in [6.45, 7) is 8.16. The predicted octanol–water partition coefficient (Wildman–Crippen LogP) is 0.130. The normalized spacial score (nSPS) is 38.8. The molecular formula is C12H25N3O. The maximum Gasteiger partial charge on any atom is 0.0674 e. The lowest BCUT2D eigenvalue weighted by atomic mass is 9.86. The van der Waals surface area contributed by atoms with Gasteiger partial charge in [0.1, 0.15) is 0 Å². The van der Waals surface area contributed by atoms with E-state index in [2.05, 4.69) is 23.8 Å². The largest absolute Gasteiger partial charge is 0.376 e. The van der Waals surface area contributed by atoms with E-state index in [4.69, 9.17) is 10.5 Å². The van der Waals surface area contributed by atoms with E-state index in [1.54, 1.807) is 0 Å². The highest BCUT2D eigenvalue weighted by Gasteiger charge is 2.40. The van der Waals surface area contributed by atoms with E-state index in [-0.39, 0.29) is 5.54 Å². The van der Waals surface area contributed by atoms with Crippen LogP contribution in [0.25, 0.3) is 0 Å². The van der Waals surface area contributed by atoms with Gasteiger partial charge >= 0.3 is 0 Å². The maximum atomic E-state index is 6.07. The first kappa shape index (κ1) is 12.3. The van der Waals surface area contributed by atoms with Crippen LogP contribution in [-0.2, 0) is 4.74 Å². The van der Waals surface area contributed by atoms with Gasteiger partial charge in [-0.1, -0.05) is 0 Å². The summed E-state index contributed by atoms with van der Waals surface area (Å²) in [7, 11) is 2.20. The van der Waals surface area contributed by atoms with Crippen molar-refractivity contribution in [2.45, 2.75) is 31.4 Å². The summed E-state index contributed by atoms with van der Waals surface area (Å²) in [5, 5.41) is 0. The molecule has 2 N–H and O–H groups in total. The van der Waals surface area contributed by atoms with E-state index in [1.807, 2.05) is 0 Å². The Labute approximate surface area is 98.7 Å². The lowest BCUT2D eigenvalue weighted by Crippen LogP contribution is -2.65. The number of likely N-dealkylation sites (N-methyl/N-ethyl adjacent to an activating group) is 1. The molecule has 2 aliphatic rings. The van der Waals surface area contributed by atoms with Gasteiger partial charge in [-0.05, 0) is 33.4 Å². The van der Waals surface area contributed by atoms with Gasteiger partial charge in [-0.3, -0.25) is 4.90 Å². The van der Waals surface area contributed by atoms with Gasteiger partial charge in [-0.25, -0.2) is 0 Å². The highest BCUT2D eigenvalue weighted by atomic mass is 16.5. The van der Waals surface area contributed by atoms with Crippen molar-refractivity contribution in [3.8, 4) is 0 Å². The quantitative estimate of drug-likeness (QED) is 0.728. The molecule has 0 aliphatic carbocycles. The first-order chi connectivity index (χ1) is 7.66. The Hall–Kier alpha value is -0.160. The molecule has 4 heteroatoms. The molecule has 0 amide bonds. The molecule has 2 atom stereocenters. The van der Waals surface area contributed by atoms with Crippen LogP contribution in [0.2, 0.25) is 0 Å². The fourth-order valence-electron chi connectivity index (χ4n) is 3.14. The Morgan fingerprint density at radius 1 is 1.44 bits per heavy atom. The van der Waals surface area contributed by atoms with Crippen LogP contribution < -0.4 is 5.73 Å². The number of piperidine rings is 1. The molecule has 2 fully saturated rings. The second-order valence-electron chi connectivity index (χ2n) is 5.40. The number of nitrogens with zero attached hydrogens (tertiary/aromatic N) is 2. The van der Waals surface area contributed by atoms with E-state index in [0.717, 1.165) is 32.8 Å². The monoisotopic (exact) mass is 227 g/mol. The minimum absolute atomic E-state index is 0.199. The average Bonchev–Trinajstić information content (AvgIpc) is 2.29. The zero-order valence-corrected chi connectivity index (χ0v) is 10.6. The summed E-state index contributed by atoms with van der Waals surface area (Å²) < 4.78 is 5.62. The van der Waals surface area contributed by atoms with Crippen molar-refractivity contribution in [2.75, 3.05) is 46.4 Å². The van der Waals surface area contributed by atoms with Crippen molar-refractivity contribution in [3.05, 3.63) is 0 Å². The summed E-state index contributed by atoms with van der Waals surface area (Å²) in [6.07, 6.45) is 2.85. The molecule has 0 bridgehead atoms. The summed E-state index contributed by atoms with van der Waals surface area (Å²) in [5.74, 6) is 0. The number of morpholine rings is 1. The minimum atomic E-state index is 0.199. The third kappa shape index (κ3) is 2.40. The Kier molecular flexibility index (Phi) is 3.85. The Morgan fingerprint density at radius 2 is 2.25 bits per heavy atom. The van der Waals surface area contributed by atoms with Gasteiger partial charge in [-0.15, -0.1) is 0 Å². The Bertz CT molecular complexity index is 236. The number of nitrogens with two attached hydrogens (primary N) is 1. The summed E-state index contributed by atoms with van der Waals surface area (Å²) >= 11 is 0. The van der Waals surface area contributed by atoms with Gasteiger partial charge in [0.05, 0.1) is 12.7 Å². The molecule has 0 aromatic rings. The number of hydrogen-bond donors (Lipinski definition) is 1. The van der Waals surface area contributed by atoms with Crippen LogP contribution in [0.15, 0.2) is 0 Å². The van der Waals surface area contributed by atoms with Crippen LogP contribution in [0.3, 0.4) is 0 Å². The van der Waals surface area contributed by atoms with Crippen molar-refractivity contribution in [1.82, 2.24) is 9.80 Å². The molecule has 0 saturated carbocycles. The molecule has 2 heterocycles. The van der Waals surface area contributed by atoms with Crippen molar-refractivity contribution in [2.24, 2.45) is 5.73 Å². The van der Waals surface area contributed by atoms with Crippen LogP contribution in [0.5, 0.6) is 0 Å². The standard InChI is InChI=1S/C12H25N3O/c1-11-8-15(6-7-16-11)12(9-13)4-3-5-14(2)10-12/h11H,3-10,13H2,1-2H3. The third-order valence-corrected chi connectivity index (χ3v) is 4.04. The zero-order chi connectivity index (χ0) is 11.6. The van der Waals surface area contributed by atoms with E-state index < -0.39 is 0 Å². The van der Waals surface area contributed by atoms with Crippen molar-refractivity contribution < 1.29 is 4.74 Å². The first-order valence-corrected chi connectivity index (χ1v) is 6.41. The van der Waals surface area contributed by atoms with Crippen molar-refractivity contribution in [3.63, 3.8) is 0 Å². The van der Waals surface area contributed by atoms with Gasteiger partial charge < -0.3 is 15.4 Å². The fraction of sp³-hybridized carbons (Fsp3) is 1.00. The molecule has 0 aromatic carbocycles. The summed E-state index contributed by atoms with van der Waals surface area (Å²) in [4.78, 5) is 4.98. The fourth-order valence-corrected chi connectivity index (χ4v) is 3.14. The van der Waals surface area contributed by atoms with E-state index >= 15 is 0 Å². The molecule has 2 saturated heterocycles. The highest BCUT2D eigenvalue weighted by Crippen LogP contribution is 2.27. The molecule has 16 heavy (non-hydrogen) atoms. The molecule has 0 spiro atoms. The summed E-state index contributed by atoms with van der Waals surface area (Å²) in [6, 6.07) is 0. The van der Waals surface area contributed by atoms with Gasteiger partial charge in [-0.2, -0.15) is 0 Å². The molecule has 94 valence electrons. The molecular weight excluding hydrogens is 202 g/mol. The topological polar surface area (TPSA) is 41.7 Å². The van der Waals surface area contributed by atoms with Crippen LogP contribution >= 0.6 is 0 Å². The lowest BCUT2D eigenvalue weighted by molar-refractivity contribution is -0.0773. The second-order valence-corrected chi connectivity index (χ2v) is 5.40. The van der Waals surface area contributed by atoms with Gasteiger partial charge in [0, 0.05) is 31.7 Å². The molecule has 0 aromatic heterocycles. The molecule has 2 aliphatic heterocycles. The molecule has 2 unspecified atom stereocenters. The highest BCUT2D eigenvalue weighted by molar-refractivity contribution is 4.98. The van der Waals surface area contributed by atoms with Crippen LogP contribution in [0, 0.1) is 0 Å². The van der Waals surface area contributed by atoms with Gasteiger partial charge in [0.15, 0.2) is 0 Å². The van der Waals surface area contributed by atoms with Gasteiger partial charge in [0.25, 0.3) is 0 Å². The minimum Gasteiger partial charge on any atom is -0.376 e. The molecule has 4 nitrogen and oxygen atoms in total. The van der Waals surface area contributed by atoms with Crippen LogP contribution in [0.4, 0.5) is 0 Å². The van der Waals surface area contributed by atoms with Crippen LogP contribution in [0.1, 0.15) is 19.8 Å². The Balaban J connectivity index is 2.07. The van der Waals surface area contributed by atoms with E-state index in [0.29, 0.717) is 6.10 Å². The third-order valence-electron chi connectivity index (χ3n) is 4.04. The maximum absolute atomic E-state index is 6.07. The van der Waals surface area contributed by atoms with Crippen molar-refractivity contribution in [1.29, 1.82) is 0 Å².